The van der Waals surface area contributed by atoms with Crippen molar-refractivity contribution in [3.63, 3.8) is 0 Å². The lowest BCUT2D eigenvalue weighted by Gasteiger charge is -2.20. The summed E-state index contributed by atoms with van der Waals surface area (Å²) in [4.78, 5) is 34.5. The molecule has 3 atom stereocenters. The van der Waals surface area contributed by atoms with Crippen LogP contribution in [0.25, 0.3) is 0 Å². The number of phosphoric acid groups is 1. The molecule has 0 aliphatic heterocycles. The summed E-state index contributed by atoms with van der Waals surface area (Å²) in [6.07, 6.45) is 38.9. The molecule has 10 nitrogen and oxygen atoms in total. The van der Waals surface area contributed by atoms with Crippen LogP contribution in [-0.4, -0.2) is 65.7 Å². The van der Waals surface area contributed by atoms with Gasteiger partial charge in [0.1, 0.15) is 12.2 Å². The molecule has 0 aromatic carbocycles. The van der Waals surface area contributed by atoms with E-state index in [1.54, 1.807) is 0 Å². The van der Waals surface area contributed by atoms with Gasteiger partial charge in [0.25, 0.3) is 0 Å². The first-order chi connectivity index (χ1) is 26.8. The third-order valence-electron chi connectivity index (χ3n) is 9.98. The van der Waals surface area contributed by atoms with Crippen molar-refractivity contribution in [3.8, 4) is 0 Å². The number of rotatable bonds is 43. The van der Waals surface area contributed by atoms with E-state index in [0.29, 0.717) is 12.8 Å². The average Bonchev–Trinajstić information content (AvgIpc) is 3.17. The van der Waals surface area contributed by atoms with Gasteiger partial charge in [-0.1, -0.05) is 180 Å². The molecule has 0 spiro atoms. The van der Waals surface area contributed by atoms with Crippen LogP contribution in [-0.2, 0) is 32.7 Å². The Morgan fingerprint density at radius 2 is 0.745 bits per heavy atom. The second-order valence-corrected chi connectivity index (χ2v) is 16.8. The lowest BCUT2D eigenvalue weighted by molar-refractivity contribution is -0.153. The summed E-state index contributed by atoms with van der Waals surface area (Å²) in [5.74, 6) is -1.01. The molecule has 0 aromatic rings. The second kappa shape index (κ2) is 40.9. The molecule has 0 aromatic heterocycles. The van der Waals surface area contributed by atoms with Crippen LogP contribution < -0.4 is 0 Å². The van der Waals surface area contributed by atoms with Gasteiger partial charge in [-0.05, 0) is 38.5 Å². The van der Waals surface area contributed by atoms with Gasteiger partial charge in [-0.15, -0.1) is 0 Å². The molecule has 0 bridgehead atoms. The summed E-state index contributed by atoms with van der Waals surface area (Å²) in [5, 5.41) is 19.2. The van der Waals surface area contributed by atoms with E-state index in [1.807, 2.05) is 0 Å². The van der Waals surface area contributed by atoms with E-state index in [2.05, 4.69) is 26.0 Å². The number of esters is 2. The number of hydrogen-bond donors (Lipinski definition) is 3. The van der Waals surface area contributed by atoms with Crippen molar-refractivity contribution in [2.24, 2.45) is 0 Å². The zero-order chi connectivity index (χ0) is 40.5. The largest absolute Gasteiger partial charge is 0.472 e. The quantitative estimate of drug-likeness (QED) is 0.0235. The molecule has 3 N–H and O–H groups in total. The van der Waals surface area contributed by atoms with Crippen molar-refractivity contribution in [2.45, 2.75) is 232 Å². The summed E-state index contributed by atoms with van der Waals surface area (Å²) in [5.41, 5.74) is 0. The molecule has 0 radical (unpaired) electrons. The molecule has 3 unspecified atom stereocenters. The minimum atomic E-state index is -4.63. The van der Waals surface area contributed by atoms with E-state index in [1.165, 1.54) is 135 Å². The molecule has 55 heavy (non-hydrogen) atoms. The summed E-state index contributed by atoms with van der Waals surface area (Å²) in [7, 11) is -4.63. The number of carbonyl (C=O) groups excluding carboxylic acids is 2. The highest BCUT2D eigenvalue weighted by Crippen LogP contribution is 2.43. The fourth-order valence-corrected chi connectivity index (χ4v) is 7.25. The number of allylic oxidation sites excluding steroid dienone is 2. The maximum Gasteiger partial charge on any atom is 0.472 e. The van der Waals surface area contributed by atoms with E-state index < -0.39 is 58.4 Å². The first kappa shape index (κ1) is 53.7. The third-order valence-corrected chi connectivity index (χ3v) is 10.9. The van der Waals surface area contributed by atoms with Crippen molar-refractivity contribution < 1.29 is 47.8 Å². The van der Waals surface area contributed by atoms with Crippen molar-refractivity contribution in [3.05, 3.63) is 12.2 Å². The number of unbranched alkanes of at least 4 members (excludes halogenated alkanes) is 27. The molecule has 0 rings (SSSR count). The Labute approximate surface area is 336 Å². The standard InChI is InChI=1S/C44H85O10P/c1-3-5-7-9-11-13-15-17-19-20-22-24-26-28-30-32-34-36-44(48)54-42(38-46)40-52-55(49,50)51-39-41(37-45)53-43(47)35-33-31-29-27-25-23-21-18-16-14-12-10-8-6-4-2/h17,19,41-42,45-46H,3-16,18,20-40H2,1-2H3,(H,49,50)/b19-17-. The predicted octanol–water partition coefficient (Wildman–Crippen LogP) is 12.0. The molecular weight excluding hydrogens is 719 g/mol. The monoisotopic (exact) mass is 805 g/mol. The Hall–Kier alpha value is -1.29. The Balaban J connectivity index is 3.88. The number of ether oxygens (including phenoxy) is 2. The lowest BCUT2D eigenvalue weighted by Crippen LogP contribution is -2.28. The van der Waals surface area contributed by atoms with Crippen LogP contribution in [0.4, 0.5) is 0 Å². The second-order valence-electron chi connectivity index (χ2n) is 15.4. The van der Waals surface area contributed by atoms with Crippen molar-refractivity contribution in [1.29, 1.82) is 0 Å². The number of aliphatic hydroxyl groups excluding tert-OH is 2. The Bertz CT molecular complexity index is 930. The van der Waals surface area contributed by atoms with Crippen LogP contribution in [0, 0.1) is 0 Å². The molecule has 0 fully saturated rings. The molecule has 0 saturated heterocycles. The average molecular weight is 805 g/mol. The Kier molecular flexibility index (Phi) is 39.9. The zero-order valence-electron chi connectivity index (χ0n) is 35.4. The van der Waals surface area contributed by atoms with Gasteiger partial charge in [-0.2, -0.15) is 0 Å². The molecular formula is C44H85O10P. The van der Waals surface area contributed by atoms with E-state index in [-0.39, 0.29) is 12.8 Å². The fourth-order valence-electron chi connectivity index (χ4n) is 6.46. The number of carbonyl (C=O) groups is 2. The zero-order valence-corrected chi connectivity index (χ0v) is 36.3. The van der Waals surface area contributed by atoms with Crippen molar-refractivity contribution in [2.75, 3.05) is 26.4 Å². The summed E-state index contributed by atoms with van der Waals surface area (Å²) < 4.78 is 32.6. The van der Waals surface area contributed by atoms with Gasteiger partial charge in [0.15, 0.2) is 0 Å². The van der Waals surface area contributed by atoms with Crippen molar-refractivity contribution >= 4 is 19.8 Å². The molecule has 0 heterocycles. The molecule has 11 heteroatoms. The third kappa shape index (κ3) is 39.3. The van der Waals surface area contributed by atoms with Gasteiger partial charge in [0, 0.05) is 12.8 Å². The topological polar surface area (TPSA) is 149 Å². The highest BCUT2D eigenvalue weighted by molar-refractivity contribution is 7.47. The van der Waals surface area contributed by atoms with Gasteiger partial charge in [0.2, 0.25) is 0 Å². The van der Waals surface area contributed by atoms with Crippen molar-refractivity contribution in [1.82, 2.24) is 0 Å². The minimum absolute atomic E-state index is 0.191. The maximum absolute atomic E-state index is 12.4. The van der Waals surface area contributed by atoms with Crippen LogP contribution >= 0.6 is 7.82 Å². The van der Waals surface area contributed by atoms with Gasteiger partial charge in [-0.3, -0.25) is 18.6 Å². The molecule has 0 amide bonds. The van der Waals surface area contributed by atoms with E-state index in [0.717, 1.165) is 44.9 Å². The van der Waals surface area contributed by atoms with Crippen LogP contribution in [0.2, 0.25) is 0 Å². The summed E-state index contributed by atoms with van der Waals surface area (Å²) in [6.45, 7) is 2.23. The van der Waals surface area contributed by atoms with Gasteiger partial charge in [0.05, 0.1) is 26.4 Å². The normalized spacial score (nSPS) is 13.9. The van der Waals surface area contributed by atoms with Crippen LogP contribution in [0.1, 0.15) is 219 Å². The Morgan fingerprint density at radius 1 is 0.473 bits per heavy atom. The van der Waals surface area contributed by atoms with E-state index in [9.17, 15) is 29.3 Å². The van der Waals surface area contributed by atoms with Crippen LogP contribution in [0.3, 0.4) is 0 Å². The molecule has 0 aliphatic carbocycles. The lowest BCUT2D eigenvalue weighted by atomic mass is 10.0. The minimum Gasteiger partial charge on any atom is -0.457 e. The summed E-state index contributed by atoms with van der Waals surface area (Å²) >= 11 is 0. The summed E-state index contributed by atoms with van der Waals surface area (Å²) in [6, 6.07) is 0. The van der Waals surface area contributed by atoms with Crippen LogP contribution in [0.5, 0.6) is 0 Å². The van der Waals surface area contributed by atoms with Gasteiger partial charge in [-0.25, -0.2) is 4.57 Å². The van der Waals surface area contributed by atoms with Crippen LogP contribution in [0.15, 0.2) is 12.2 Å². The SMILES string of the molecule is CCCCCCCC/C=C\CCCCCCCCCC(=O)OC(CO)COP(=O)(O)OCC(CO)OC(=O)CCCCCCCCCCCCCCCCC. The highest BCUT2D eigenvalue weighted by atomic mass is 31.2. The first-order valence-electron chi connectivity index (χ1n) is 22.6. The fraction of sp³-hybridized carbons (Fsp3) is 0.909. The molecule has 0 aliphatic rings. The predicted molar refractivity (Wildman–Crippen MR) is 224 cm³/mol. The van der Waals surface area contributed by atoms with Gasteiger partial charge < -0.3 is 24.6 Å². The number of aliphatic hydroxyl groups is 2. The van der Waals surface area contributed by atoms with E-state index >= 15 is 0 Å². The smallest absolute Gasteiger partial charge is 0.457 e. The van der Waals surface area contributed by atoms with Gasteiger partial charge >= 0.3 is 19.8 Å². The first-order valence-corrected chi connectivity index (χ1v) is 24.1. The van der Waals surface area contributed by atoms with E-state index in [4.69, 9.17) is 18.5 Å². The number of hydrogen-bond acceptors (Lipinski definition) is 9. The molecule has 0 saturated carbocycles. The molecule has 326 valence electrons. The number of phosphoric ester groups is 1. The maximum atomic E-state index is 12.4. The highest BCUT2D eigenvalue weighted by Gasteiger charge is 2.27. The Morgan fingerprint density at radius 3 is 1.04 bits per heavy atom.